The van der Waals surface area contributed by atoms with Gasteiger partial charge in [0.05, 0.1) is 5.56 Å². The number of hydrogen-bond acceptors (Lipinski definition) is 5. The van der Waals surface area contributed by atoms with E-state index in [4.69, 9.17) is 21.0 Å². The number of rotatable bonds is 2. The molecule has 2 rings (SSSR count). The van der Waals surface area contributed by atoms with Gasteiger partial charge >= 0.3 is 0 Å². The van der Waals surface area contributed by atoms with Crippen molar-refractivity contribution in [3.63, 3.8) is 0 Å². The minimum absolute atomic E-state index is 0.0439. The zero-order valence-corrected chi connectivity index (χ0v) is 9.29. The number of nitrogen functional groups attached to an aromatic ring is 1. The van der Waals surface area contributed by atoms with Gasteiger partial charge in [0.2, 0.25) is 5.88 Å². The Balaban J connectivity index is 2.43. The zero-order chi connectivity index (χ0) is 13.0. The lowest BCUT2D eigenvalue weighted by molar-refractivity contribution is 0.462. The van der Waals surface area contributed by atoms with E-state index in [1.807, 2.05) is 18.2 Å². The Morgan fingerprint density at radius 3 is 2.33 bits per heavy atom. The van der Waals surface area contributed by atoms with E-state index in [0.29, 0.717) is 5.75 Å². The molecule has 0 radical (unpaired) electrons. The molecule has 1 aromatic heterocycles. The molecule has 0 aliphatic rings. The average Bonchev–Trinajstić information content (AvgIpc) is 2.40. The van der Waals surface area contributed by atoms with E-state index in [1.165, 1.54) is 6.07 Å². The molecular weight excluding hydrogens is 228 g/mol. The molecule has 0 aliphatic carbocycles. The van der Waals surface area contributed by atoms with Gasteiger partial charge in [-0.3, -0.25) is 0 Å². The van der Waals surface area contributed by atoms with Crippen LogP contribution < -0.4 is 10.5 Å². The molecule has 5 heteroatoms. The first-order valence-electron chi connectivity index (χ1n) is 5.08. The van der Waals surface area contributed by atoms with Gasteiger partial charge in [0.15, 0.2) is 0 Å². The third kappa shape index (κ3) is 2.21. The van der Waals surface area contributed by atoms with E-state index >= 15 is 0 Å². The van der Waals surface area contributed by atoms with Crippen LogP contribution in [0.5, 0.6) is 11.6 Å². The molecule has 1 aromatic carbocycles. The van der Waals surface area contributed by atoms with Crippen molar-refractivity contribution in [1.29, 1.82) is 10.5 Å². The van der Waals surface area contributed by atoms with Gasteiger partial charge in [-0.2, -0.15) is 15.5 Å². The number of anilines is 1. The summed E-state index contributed by atoms with van der Waals surface area (Å²) in [5.74, 6) is 0.688. The maximum absolute atomic E-state index is 8.99. The summed E-state index contributed by atoms with van der Waals surface area (Å²) in [5, 5.41) is 17.8. The monoisotopic (exact) mass is 236 g/mol. The highest BCUT2D eigenvalue weighted by atomic mass is 16.5. The van der Waals surface area contributed by atoms with Crippen LogP contribution in [0.1, 0.15) is 11.1 Å². The number of nitrogens with two attached hydrogens (primary N) is 1. The number of para-hydroxylation sites is 1. The van der Waals surface area contributed by atoms with Crippen LogP contribution in [-0.2, 0) is 0 Å². The van der Waals surface area contributed by atoms with E-state index in [-0.39, 0.29) is 22.8 Å². The molecular formula is C13H8N4O. The molecule has 5 nitrogen and oxygen atoms in total. The average molecular weight is 236 g/mol. The van der Waals surface area contributed by atoms with Crippen LogP contribution in [0.25, 0.3) is 0 Å². The maximum atomic E-state index is 8.99. The van der Waals surface area contributed by atoms with Crippen molar-refractivity contribution in [1.82, 2.24) is 4.98 Å². The first-order chi connectivity index (χ1) is 8.74. The zero-order valence-electron chi connectivity index (χ0n) is 9.29. The fraction of sp³-hybridized carbons (Fsp3) is 0. The summed E-state index contributed by atoms with van der Waals surface area (Å²) in [4.78, 5) is 3.92. The van der Waals surface area contributed by atoms with Crippen molar-refractivity contribution in [3.05, 3.63) is 47.5 Å². The summed E-state index contributed by atoms with van der Waals surface area (Å²) >= 11 is 0. The standard InChI is InChI=1S/C13H8N4O/c14-7-9-6-10(8-15)13(17-12(9)16)18-11-4-2-1-3-5-11/h1-6H,(H2,16,17). The quantitative estimate of drug-likeness (QED) is 0.862. The van der Waals surface area contributed by atoms with Crippen molar-refractivity contribution in [3.8, 4) is 23.8 Å². The van der Waals surface area contributed by atoms with Gasteiger partial charge in [0.1, 0.15) is 29.3 Å². The van der Waals surface area contributed by atoms with Crippen molar-refractivity contribution >= 4 is 5.82 Å². The van der Waals surface area contributed by atoms with Crippen molar-refractivity contribution < 1.29 is 4.74 Å². The van der Waals surface area contributed by atoms with Crippen molar-refractivity contribution in [2.45, 2.75) is 0 Å². The molecule has 0 aliphatic heterocycles. The molecule has 0 atom stereocenters. The van der Waals surface area contributed by atoms with Crippen LogP contribution in [0, 0.1) is 22.7 Å². The number of aromatic nitrogens is 1. The Morgan fingerprint density at radius 1 is 1.06 bits per heavy atom. The van der Waals surface area contributed by atoms with E-state index in [2.05, 4.69) is 4.98 Å². The molecule has 86 valence electrons. The Kier molecular flexibility index (Phi) is 3.08. The second-order valence-electron chi connectivity index (χ2n) is 3.41. The van der Waals surface area contributed by atoms with Gasteiger partial charge in [-0.25, -0.2) is 0 Å². The number of nitrogens with zero attached hydrogens (tertiary/aromatic N) is 3. The first kappa shape index (κ1) is 11.4. The number of pyridine rings is 1. The highest BCUT2D eigenvalue weighted by molar-refractivity contribution is 5.56. The molecule has 0 bridgehead atoms. The summed E-state index contributed by atoms with van der Waals surface area (Å²) in [7, 11) is 0. The fourth-order valence-corrected chi connectivity index (χ4v) is 1.36. The van der Waals surface area contributed by atoms with Gasteiger partial charge < -0.3 is 10.5 Å². The lowest BCUT2D eigenvalue weighted by atomic mass is 10.2. The molecule has 0 unspecified atom stereocenters. The van der Waals surface area contributed by atoms with Crippen LogP contribution in [0.4, 0.5) is 5.82 Å². The first-order valence-corrected chi connectivity index (χ1v) is 5.08. The third-order valence-electron chi connectivity index (χ3n) is 2.22. The van der Waals surface area contributed by atoms with E-state index < -0.39 is 0 Å². The number of ether oxygens (including phenoxy) is 1. The second kappa shape index (κ2) is 4.86. The van der Waals surface area contributed by atoms with E-state index in [9.17, 15) is 0 Å². The second-order valence-corrected chi connectivity index (χ2v) is 3.41. The molecule has 0 amide bonds. The topological polar surface area (TPSA) is 95.7 Å². The fourth-order valence-electron chi connectivity index (χ4n) is 1.36. The Hall–Kier alpha value is -3.05. The van der Waals surface area contributed by atoms with Gasteiger partial charge in [-0.1, -0.05) is 18.2 Å². The number of benzene rings is 1. The molecule has 0 saturated heterocycles. The highest BCUT2D eigenvalue weighted by Gasteiger charge is 2.11. The predicted octanol–water partition coefficient (Wildman–Crippen LogP) is 2.20. The van der Waals surface area contributed by atoms with Crippen molar-refractivity contribution in [2.24, 2.45) is 0 Å². The molecule has 0 fully saturated rings. The van der Waals surface area contributed by atoms with E-state index in [0.717, 1.165) is 0 Å². The molecule has 0 spiro atoms. The SMILES string of the molecule is N#Cc1cc(C#N)c(Oc2ccccc2)nc1N. The Morgan fingerprint density at radius 2 is 1.72 bits per heavy atom. The summed E-state index contributed by atoms with van der Waals surface area (Å²) in [6.07, 6.45) is 0. The van der Waals surface area contributed by atoms with Crippen LogP contribution >= 0.6 is 0 Å². The van der Waals surface area contributed by atoms with E-state index in [1.54, 1.807) is 24.3 Å². The van der Waals surface area contributed by atoms with Crippen molar-refractivity contribution in [2.75, 3.05) is 5.73 Å². The predicted molar refractivity (Wildman–Crippen MR) is 64.6 cm³/mol. The largest absolute Gasteiger partial charge is 0.438 e. The van der Waals surface area contributed by atoms with Crippen LogP contribution in [0.2, 0.25) is 0 Å². The lowest BCUT2D eigenvalue weighted by Gasteiger charge is -2.07. The molecule has 0 saturated carbocycles. The number of nitriles is 2. The van der Waals surface area contributed by atoms with Crippen LogP contribution in [0.15, 0.2) is 36.4 Å². The molecule has 1 heterocycles. The van der Waals surface area contributed by atoms with Crippen LogP contribution in [0.3, 0.4) is 0 Å². The lowest BCUT2D eigenvalue weighted by Crippen LogP contribution is -2.00. The molecule has 2 aromatic rings. The molecule has 2 N–H and O–H groups in total. The smallest absolute Gasteiger partial charge is 0.239 e. The number of hydrogen-bond donors (Lipinski definition) is 1. The summed E-state index contributed by atoms with van der Waals surface area (Å²) in [6, 6.07) is 14.1. The summed E-state index contributed by atoms with van der Waals surface area (Å²) in [6.45, 7) is 0. The van der Waals surface area contributed by atoms with Gasteiger partial charge in [-0.05, 0) is 18.2 Å². The van der Waals surface area contributed by atoms with Gasteiger partial charge in [-0.15, -0.1) is 0 Å². The Labute approximate surface area is 104 Å². The third-order valence-corrected chi connectivity index (χ3v) is 2.22. The summed E-state index contributed by atoms with van der Waals surface area (Å²) < 4.78 is 5.46. The van der Waals surface area contributed by atoms with Gasteiger partial charge in [0, 0.05) is 0 Å². The maximum Gasteiger partial charge on any atom is 0.239 e. The molecule has 18 heavy (non-hydrogen) atoms. The summed E-state index contributed by atoms with van der Waals surface area (Å²) in [5.41, 5.74) is 5.92. The highest BCUT2D eigenvalue weighted by Crippen LogP contribution is 2.25. The van der Waals surface area contributed by atoms with Crippen LogP contribution in [-0.4, -0.2) is 4.98 Å². The minimum Gasteiger partial charge on any atom is -0.438 e. The normalized spacial score (nSPS) is 9.22. The Bertz CT molecular complexity index is 653. The van der Waals surface area contributed by atoms with Gasteiger partial charge in [0.25, 0.3) is 0 Å². The minimum atomic E-state index is 0.0439.